The van der Waals surface area contributed by atoms with Crippen LogP contribution in [0.4, 0.5) is 34.1 Å². The first-order chi connectivity index (χ1) is 21.9. The van der Waals surface area contributed by atoms with Gasteiger partial charge in [0.2, 0.25) is 0 Å². The number of anilines is 6. The third-order valence-electron chi connectivity index (χ3n) is 8.52. The molecule has 0 saturated carbocycles. The summed E-state index contributed by atoms with van der Waals surface area (Å²) < 4.78 is 0.904. The highest BCUT2D eigenvalue weighted by molar-refractivity contribution is 9.10. The standard InChI is InChI=1S/C42H45BrCl2N2/c1-40(2,3)28-13-19-33(20-14-28)46(34-21-15-29(16-22-34)41(4,5)6)37-26-32(45)27-38(39(37)43)47(36-12-10-11-31(44)25-36)35-23-17-30(18-24-35)42(7,8)9/h10-27H,1-9H3. The van der Waals surface area contributed by atoms with E-state index in [1.54, 1.807) is 0 Å². The van der Waals surface area contributed by atoms with Gasteiger partial charge >= 0.3 is 0 Å². The third kappa shape index (κ3) is 7.91. The number of benzene rings is 5. The van der Waals surface area contributed by atoms with Crippen molar-refractivity contribution < 1.29 is 0 Å². The van der Waals surface area contributed by atoms with Crippen LogP contribution in [-0.2, 0) is 16.2 Å². The molecule has 0 atom stereocenters. The maximum absolute atomic E-state index is 7.05. The first-order valence-corrected chi connectivity index (χ1v) is 17.6. The molecule has 2 nitrogen and oxygen atoms in total. The number of hydrogen-bond donors (Lipinski definition) is 0. The smallest absolute Gasteiger partial charge is 0.0657 e. The van der Waals surface area contributed by atoms with E-state index < -0.39 is 0 Å². The molecule has 0 aromatic heterocycles. The Labute approximate surface area is 300 Å². The average molecular weight is 729 g/mol. The minimum absolute atomic E-state index is 0.0365. The van der Waals surface area contributed by atoms with Gasteiger partial charge in [-0.1, -0.05) is 128 Å². The van der Waals surface area contributed by atoms with Crippen LogP contribution in [0.2, 0.25) is 10.0 Å². The van der Waals surface area contributed by atoms with Gasteiger partial charge in [0.25, 0.3) is 0 Å². The molecule has 0 N–H and O–H groups in total. The van der Waals surface area contributed by atoms with E-state index in [2.05, 4.69) is 167 Å². The van der Waals surface area contributed by atoms with E-state index >= 15 is 0 Å². The number of nitrogens with zero attached hydrogens (tertiary/aromatic N) is 2. The molecular formula is C42H45BrCl2N2. The van der Waals surface area contributed by atoms with E-state index in [0.717, 1.165) is 38.6 Å². The van der Waals surface area contributed by atoms with Gasteiger partial charge in [0, 0.05) is 32.8 Å². The molecule has 5 aromatic rings. The Hall–Kier alpha value is -3.24. The van der Waals surface area contributed by atoms with E-state index in [9.17, 15) is 0 Å². The van der Waals surface area contributed by atoms with E-state index in [4.69, 9.17) is 23.2 Å². The summed E-state index contributed by atoms with van der Waals surface area (Å²) in [7, 11) is 0. The van der Waals surface area contributed by atoms with Crippen molar-refractivity contribution in [3.8, 4) is 0 Å². The molecule has 47 heavy (non-hydrogen) atoms. The van der Waals surface area contributed by atoms with Gasteiger partial charge in [0.15, 0.2) is 0 Å². The summed E-state index contributed by atoms with van der Waals surface area (Å²) in [5, 5.41) is 1.29. The molecule has 0 spiro atoms. The Morgan fingerprint density at radius 1 is 0.426 bits per heavy atom. The molecule has 244 valence electrons. The summed E-state index contributed by atoms with van der Waals surface area (Å²) in [6.45, 7) is 20.1. The summed E-state index contributed by atoms with van der Waals surface area (Å²) in [5.74, 6) is 0. The molecule has 0 amide bonds. The summed E-state index contributed by atoms with van der Waals surface area (Å²) in [4.78, 5) is 4.48. The lowest BCUT2D eigenvalue weighted by atomic mass is 9.86. The van der Waals surface area contributed by atoms with Crippen molar-refractivity contribution in [2.24, 2.45) is 0 Å². The fourth-order valence-corrected chi connectivity index (χ4v) is 6.66. The van der Waals surface area contributed by atoms with E-state index in [1.807, 2.05) is 30.3 Å². The van der Waals surface area contributed by atoms with Crippen molar-refractivity contribution in [1.82, 2.24) is 0 Å². The van der Waals surface area contributed by atoms with Gasteiger partial charge in [-0.15, -0.1) is 0 Å². The van der Waals surface area contributed by atoms with Crippen LogP contribution >= 0.6 is 39.1 Å². The van der Waals surface area contributed by atoms with Crippen molar-refractivity contribution in [1.29, 1.82) is 0 Å². The average Bonchev–Trinajstić information content (AvgIpc) is 2.99. The minimum atomic E-state index is 0.0365. The van der Waals surface area contributed by atoms with Gasteiger partial charge in [-0.2, -0.15) is 0 Å². The maximum Gasteiger partial charge on any atom is 0.0657 e. The quantitative estimate of drug-likeness (QED) is 0.172. The molecular weight excluding hydrogens is 683 g/mol. The van der Waals surface area contributed by atoms with Crippen LogP contribution in [0.3, 0.4) is 0 Å². The fraction of sp³-hybridized carbons (Fsp3) is 0.286. The lowest BCUT2D eigenvalue weighted by molar-refractivity contribution is 0.590. The molecule has 0 aliphatic heterocycles. The number of rotatable bonds is 6. The monoisotopic (exact) mass is 726 g/mol. The summed E-state index contributed by atoms with van der Waals surface area (Å²) in [6.07, 6.45) is 0. The summed E-state index contributed by atoms with van der Waals surface area (Å²) >= 11 is 17.7. The molecule has 0 saturated heterocycles. The molecule has 0 bridgehead atoms. The van der Waals surface area contributed by atoms with Crippen molar-refractivity contribution in [3.05, 3.63) is 140 Å². The Morgan fingerprint density at radius 3 is 1.09 bits per heavy atom. The zero-order valence-electron chi connectivity index (χ0n) is 28.9. The van der Waals surface area contributed by atoms with Gasteiger partial charge in [-0.3, -0.25) is 0 Å². The van der Waals surface area contributed by atoms with Gasteiger partial charge in [-0.25, -0.2) is 0 Å². The third-order valence-corrected chi connectivity index (χ3v) is 9.79. The van der Waals surface area contributed by atoms with Crippen LogP contribution in [0.25, 0.3) is 0 Å². The topological polar surface area (TPSA) is 6.48 Å². The van der Waals surface area contributed by atoms with Crippen LogP contribution < -0.4 is 9.80 Å². The van der Waals surface area contributed by atoms with Crippen molar-refractivity contribution >= 4 is 73.3 Å². The molecule has 0 aliphatic rings. The first-order valence-electron chi connectivity index (χ1n) is 16.1. The number of hydrogen-bond acceptors (Lipinski definition) is 2. The molecule has 0 heterocycles. The Kier molecular flexibility index (Phi) is 9.96. The predicted molar refractivity (Wildman–Crippen MR) is 210 cm³/mol. The van der Waals surface area contributed by atoms with Crippen LogP contribution in [-0.4, -0.2) is 0 Å². The molecule has 0 unspecified atom stereocenters. The van der Waals surface area contributed by atoms with E-state index in [1.165, 1.54) is 16.7 Å². The Balaban J connectivity index is 1.74. The minimum Gasteiger partial charge on any atom is -0.309 e. The lowest BCUT2D eigenvalue weighted by Crippen LogP contribution is -2.16. The highest BCUT2D eigenvalue weighted by atomic mass is 79.9. The van der Waals surface area contributed by atoms with Crippen LogP contribution in [0.5, 0.6) is 0 Å². The zero-order valence-corrected chi connectivity index (χ0v) is 32.0. The molecule has 5 rings (SSSR count). The summed E-state index contributed by atoms with van der Waals surface area (Å²) in [5.41, 5.74) is 9.80. The predicted octanol–water partition coefficient (Wildman–Crippen LogP) is 14.6. The second-order valence-corrected chi connectivity index (χ2v) is 17.0. The van der Waals surface area contributed by atoms with Crippen molar-refractivity contribution in [2.75, 3.05) is 9.80 Å². The van der Waals surface area contributed by atoms with Gasteiger partial charge in [0.1, 0.15) is 0 Å². The molecule has 0 fully saturated rings. The normalized spacial score (nSPS) is 12.3. The maximum atomic E-state index is 7.05. The Morgan fingerprint density at radius 2 is 0.766 bits per heavy atom. The first kappa shape index (κ1) is 35.1. The molecule has 0 aliphatic carbocycles. The van der Waals surface area contributed by atoms with Crippen LogP contribution in [0, 0.1) is 0 Å². The van der Waals surface area contributed by atoms with E-state index in [-0.39, 0.29) is 16.2 Å². The largest absolute Gasteiger partial charge is 0.309 e. The van der Waals surface area contributed by atoms with E-state index in [0.29, 0.717) is 10.0 Å². The van der Waals surface area contributed by atoms with Gasteiger partial charge in [-0.05, 0) is 116 Å². The van der Waals surface area contributed by atoms with Crippen molar-refractivity contribution in [2.45, 2.75) is 78.6 Å². The van der Waals surface area contributed by atoms with Gasteiger partial charge < -0.3 is 9.80 Å². The van der Waals surface area contributed by atoms with Crippen LogP contribution in [0.15, 0.2) is 114 Å². The van der Waals surface area contributed by atoms with Crippen LogP contribution in [0.1, 0.15) is 79.0 Å². The SMILES string of the molecule is CC(C)(C)c1ccc(N(c2ccc(C(C)(C)C)cc2)c2cc(Cl)cc(N(c3ccc(C(C)(C)C)cc3)c3cccc(Cl)c3)c2Br)cc1. The second-order valence-electron chi connectivity index (χ2n) is 15.3. The van der Waals surface area contributed by atoms with Gasteiger partial charge in [0.05, 0.1) is 15.8 Å². The fourth-order valence-electron chi connectivity index (χ4n) is 5.69. The number of halogens is 3. The second kappa shape index (κ2) is 13.3. The highest BCUT2D eigenvalue weighted by Gasteiger charge is 2.25. The zero-order chi connectivity index (χ0) is 34.3. The molecule has 5 heteroatoms. The molecule has 5 aromatic carbocycles. The highest BCUT2D eigenvalue weighted by Crippen LogP contribution is 2.49. The Bertz CT molecular complexity index is 1780. The molecule has 0 radical (unpaired) electrons. The van der Waals surface area contributed by atoms with Crippen molar-refractivity contribution in [3.63, 3.8) is 0 Å². The summed E-state index contributed by atoms with van der Waals surface area (Å²) in [6, 6.07) is 38.4. The lowest BCUT2D eigenvalue weighted by Gasteiger charge is -2.32.